The van der Waals surface area contributed by atoms with Crippen molar-refractivity contribution in [3.63, 3.8) is 0 Å². The first kappa shape index (κ1) is 13.0. The van der Waals surface area contributed by atoms with E-state index in [1.807, 2.05) is 18.2 Å². The second-order valence-electron chi connectivity index (χ2n) is 3.85. The molecule has 18 heavy (non-hydrogen) atoms. The number of aliphatic carboxylic acids is 1. The summed E-state index contributed by atoms with van der Waals surface area (Å²) in [7, 11) is 3.16. The molecule has 0 saturated carbocycles. The number of rotatable bonds is 4. The number of methoxy groups -OCH3 is 2. The van der Waals surface area contributed by atoms with Crippen LogP contribution in [-0.2, 0) is 4.79 Å². The molecule has 98 valence electrons. The first-order chi connectivity index (χ1) is 8.67. The highest BCUT2D eigenvalue weighted by Gasteiger charge is 2.32. The van der Waals surface area contributed by atoms with Crippen LogP contribution in [-0.4, -0.2) is 37.1 Å². The Kier molecular flexibility index (Phi) is 3.98. The molecule has 2 atom stereocenters. The molecule has 0 unspecified atom stereocenters. The van der Waals surface area contributed by atoms with Gasteiger partial charge in [-0.25, -0.2) is 0 Å². The van der Waals surface area contributed by atoms with Gasteiger partial charge in [-0.2, -0.15) is 0 Å². The summed E-state index contributed by atoms with van der Waals surface area (Å²) in [5, 5.41) is 11.9. The molecule has 0 radical (unpaired) electrons. The van der Waals surface area contributed by atoms with Crippen LogP contribution in [0, 0.1) is 0 Å². The van der Waals surface area contributed by atoms with Gasteiger partial charge < -0.3 is 14.6 Å². The van der Waals surface area contributed by atoms with Gasteiger partial charge in [-0.15, -0.1) is 11.8 Å². The summed E-state index contributed by atoms with van der Waals surface area (Å²) in [4.78, 5) is 10.9. The lowest BCUT2D eigenvalue weighted by Crippen LogP contribution is -2.33. The van der Waals surface area contributed by atoms with Gasteiger partial charge in [0.2, 0.25) is 0 Å². The van der Waals surface area contributed by atoms with Crippen LogP contribution in [0.5, 0.6) is 11.5 Å². The van der Waals surface area contributed by atoms with Crippen molar-refractivity contribution in [1.29, 1.82) is 0 Å². The molecule has 0 bridgehead atoms. The maximum atomic E-state index is 10.9. The van der Waals surface area contributed by atoms with Gasteiger partial charge >= 0.3 is 5.97 Å². The molecule has 1 aromatic carbocycles. The van der Waals surface area contributed by atoms with Crippen LogP contribution in [0.15, 0.2) is 18.2 Å². The van der Waals surface area contributed by atoms with Crippen molar-refractivity contribution in [2.24, 2.45) is 0 Å². The second kappa shape index (κ2) is 5.49. The zero-order chi connectivity index (χ0) is 13.1. The van der Waals surface area contributed by atoms with Crippen molar-refractivity contribution < 1.29 is 19.4 Å². The number of benzene rings is 1. The van der Waals surface area contributed by atoms with Crippen LogP contribution in [0.3, 0.4) is 0 Å². The summed E-state index contributed by atoms with van der Waals surface area (Å²) < 4.78 is 10.6. The van der Waals surface area contributed by atoms with E-state index in [0.717, 1.165) is 5.56 Å². The quantitative estimate of drug-likeness (QED) is 0.863. The number of carboxylic acid groups (broad SMARTS) is 1. The normalized spacial score (nSPS) is 22.8. The van der Waals surface area contributed by atoms with E-state index in [0.29, 0.717) is 17.3 Å². The van der Waals surface area contributed by atoms with E-state index in [4.69, 9.17) is 14.6 Å². The molecule has 1 fully saturated rings. The Morgan fingerprint density at radius 3 is 2.78 bits per heavy atom. The predicted octanol–water partition coefficient (Wildman–Crippen LogP) is 1.49. The number of thioether (sulfide) groups is 1. The maximum absolute atomic E-state index is 10.9. The third kappa shape index (κ3) is 2.39. The second-order valence-corrected chi connectivity index (χ2v) is 4.99. The minimum absolute atomic E-state index is 0.0869. The van der Waals surface area contributed by atoms with Gasteiger partial charge in [0.15, 0.2) is 11.5 Å². The fourth-order valence-electron chi connectivity index (χ4n) is 1.91. The number of ether oxygens (including phenoxy) is 2. The SMILES string of the molecule is COc1cccc([C@H]2N[C@@H](C(=O)O)CS2)c1OC. The molecule has 0 spiro atoms. The van der Waals surface area contributed by atoms with Gasteiger partial charge in [0.1, 0.15) is 6.04 Å². The van der Waals surface area contributed by atoms with E-state index in [-0.39, 0.29) is 5.37 Å². The first-order valence-corrected chi connectivity index (χ1v) is 6.53. The van der Waals surface area contributed by atoms with Crippen LogP contribution < -0.4 is 14.8 Å². The Hall–Kier alpha value is -1.40. The van der Waals surface area contributed by atoms with E-state index in [9.17, 15) is 4.79 Å². The molecule has 0 amide bonds. The molecule has 2 N–H and O–H groups in total. The first-order valence-electron chi connectivity index (χ1n) is 5.48. The highest BCUT2D eigenvalue weighted by molar-refractivity contribution is 7.99. The number of carbonyl (C=O) groups is 1. The molecule has 1 saturated heterocycles. The smallest absolute Gasteiger partial charge is 0.321 e. The third-order valence-corrected chi connectivity index (χ3v) is 4.05. The minimum atomic E-state index is -0.827. The lowest BCUT2D eigenvalue weighted by atomic mass is 10.1. The van der Waals surface area contributed by atoms with Gasteiger partial charge in [-0.3, -0.25) is 10.1 Å². The number of nitrogens with one attached hydrogen (secondary N) is 1. The number of hydrogen-bond donors (Lipinski definition) is 2. The molecule has 1 heterocycles. The molecule has 0 aliphatic carbocycles. The van der Waals surface area contributed by atoms with Crippen molar-refractivity contribution in [1.82, 2.24) is 5.32 Å². The Balaban J connectivity index is 2.26. The summed E-state index contributed by atoms with van der Waals surface area (Å²) in [6.07, 6.45) is 0. The van der Waals surface area contributed by atoms with Crippen molar-refractivity contribution in [3.05, 3.63) is 23.8 Å². The van der Waals surface area contributed by atoms with E-state index in [1.165, 1.54) is 0 Å². The minimum Gasteiger partial charge on any atom is -0.493 e. The average Bonchev–Trinajstić information content (AvgIpc) is 2.87. The number of para-hydroxylation sites is 1. The maximum Gasteiger partial charge on any atom is 0.321 e. The Morgan fingerprint density at radius 2 is 2.22 bits per heavy atom. The highest BCUT2D eigenvalue weighted by Crippen LogP contribution is 2.41. The van der Waals surface area contributed by atoms with Crippen molar-refractivity contribution in [2.45, 2.75) is 11.4 Å². The zero-order valence-electron chi connectivity index (χ0n) is 10.2. The lowest BCUT2D eigenvalue weighted by Gasteiger charge is -2.17. The predicted molar refractivity (Wildman–Crippen MR) is 69.3 cm³/mol. The van der Waals surface area contributed by atoms with Crippen LogP contribution in [0.4, 0.5) is 0 Å². The highest BCUT2D eigenvalue weighted by atomic mass is 32.2. The fourth-order valence-corrected chi connectivity index (χ4v) is 3.16. The summed E-state index contributed by atoms with van der Waals surface area (Å²) in [6.45, 7) is 0. The number of carboxylic acids is 1. The Labute approximate surface area is 109 Å². The fraction of sp³-hybridized carbons (Fsp3) is 0.417. The standard InChI is InChI=1S/C12H15NO4S/c1-16-9-5-3-4-7(10(9)17-2)11-13-8(6-18-11)12(14)15/h3-5,8,11,13H,6H2,1-2H3,(H,14,15)/t8-,11+/m1/s1. The molecule has 1 aliphatic heterocycles. The topological polar surface area (TPSA) is 67.8 Å². The van der Waals surface area contributed by atoms with Crippen LogP contribution in [0.2, 0.25) is 0 Å². The summed E-state index contributed by atoms with van der Waals surface area (Å²) in [5.41, 5.74) is 0.908. The van der Waals surface area contributed by atoms with Gasteiger partial charge in [0.25, 0.3) is 0 Å². The molecular formula is C12H15NO4S. The van der Waals surface area contributed by atoms with Gasteiger partial charge in [0, 0.05) is 11.3 Å². The van der Waals surface area contributed by atoms with Gasteiger partial charge in [0.05, 0.1) is 19.6 Å². The monoisotopic (exact) mass is 269 g/mol. The van der Waals surface area contributed by atoms with E-state index < -0.39 is 12.0 Å². The molecule has 1 aliphatic rings. The summed E-state index contributed by atoms with van der Waals surface area (Å²) in [6, 6.07) is 5.08. The van der Waals surface area contributed by atoms with E-state index in [1.54, 1.807) is 26.0 Å². The van der Waals surface area contributed by atoms with Gasteiger partial charge in [-0.1, -0.05) is 12.1 Å². The largest absolute Gasteiger partial charge is 0.493 e. The van der Waals surface area contributed by atoms with Crippen LogP contribution >= 0.6 is 11.8 Å². The Bertz CT molecular complexity index is 452. The van der Waals surface area contributed by atoms with Crippen molar-refractivity contribution in [2.75, 3.05) is 20.0 Å². The zero-order valence-corrected chi connectivity index (χ0v) is 11.0. The summed E-state index contributed by atoms with van der Waals surface area (Å²) in [5.74, 6) is 1.01. The lowest BCUT2D eigenvalue weighted by molar-refractivity contribution is -0.138. The molecule has 1 aromatic rings. The third-order valence-electron chi connectivity index (χ3n) is 2.80. The molecular weight excluding hydrogens is 254 g/mol. The number of hydrogen-bond acceptors (Lipinski definition) is 5. The van der Waals surface area contributed by atoms with Crippen LogP contribution in [0.25, 0.3) is 0 Å². The average molecular weight is 269 g/mol. The molecule has 6 heteroatoms. The molecule has 0 aromatic heterocycles. The molecule has 5 nitrogen and oxygen atoms in total. The Morgan fingerprint density at radius 1 is 1.44 bits per heavy atom. The van der Waals surface area contributed by atoms with E-state index in [2.05, 4.69) is 5.32 Å². The van der Waals surface area contributed by atoms with Crippen LogP contribution in [0.1, 0.15) is 10.9 Å². The van der Waals surface area contributed by atoms with Crippen molar-refractivity contribution in [3.8, 4) is 11.5 Å². The van der Waals surface area contributed by atoms with Crippen molar-refractivity contribution >= 4 is 17.7 Å². The molecule has 2 rings (SSSR count). The summed E-state index contributed by atoms with van der Waals surface area (Å²) >= 11 is 1.55. The van der Waals surface area contributed by atoms with E-state index >= 15 is 0 Å². The van der Waals surface area contributed by atoms with Gasteiger partial charge in [-0.05, 0) is 6.07 Å².